The summed E-state index contributed by atoms with van der Waals surface area (Å²) < 4.78 is 10.8. The van der Waals surface area contributed by atoms with E-state index in [1.807, 2.05) is 4.90 Å². The molecule has 36 heavy (non-hydrogen) atoms. The van der Waals surface area contributed by atoms with Crippen LogP contribution in [0.15, 0.2) is 42.5 Å². The molecule has 0 unspecified atom stereocenters. The lowest BCUT2D eigenvalue weighted by atomic mass is 9.94. The Hall–Kier alpha value is -3.59. The first-order valence-electron chi connectivity index (χ1n) is 12.6. The zero-order valence-electron chi connectivity index (χ0n) is 20.5. The van der Waals surface area contributed by atoms with Crippen LogP contribution in [-0.2, 0) is 9.59 Å². The number of hydrogen-bond donors (Lipinski definition) is 2. The summed E-state index contributed by atoms with van der Waals surface area (Å²) in [6, 6.07) is 12.2. The summed E-state index contributed by atoms with van der Waals surface area (Å²) in [5.74, 6) is 1.39. The van der Waals surface area contributed by atoms with Gasteiger partial charge in [-0.1, -0.05) is 12.8 Å². The van der Waals surface area contributed by atoms with Gasteiger partial charge in [0.05, 0.1) is 6.04 Å². The molecule has 3 amide bonds. The highest BCUT2D eigenvalue weighted by Crippen LogP contribution is 2.34. The molecule has 0 spiro atoms. The Bertz CT molecular complexity index is 1120. The Morgan fingerprint density at radius 1 is 0.861 bits per heavy atom. The van der Waals surface area contributed by atoms with Crippen molar-refractivity contribution in [1.82, 2.24) is 9.80 Å². The van der Waals surface area contributed by atoms with E-state index < -0.39 is 0 Å². The number of carbonyl (C=O) groups excluding carboxylic acids is 3. The normalized spacial score (nSPS) is 18.6. The SMILES string of the molecule is CC(=O)Nc1ccc(NC(=O)[C@H](C2CCCC2)N2CCN(C(=O)c3ccc4c(c3)OCO4)CC2)cc1. The number of ether oxygens (including phenoxy) is 2. The number of nitrogens with zero attached hydrogens (tertiary/aromatic N) is 2. The number of fused-ring (bicyclic) bond motifs is 1. The monoisotopic (exact) mass is 492 g/mol. The molecular formula is C27H32N4O5. The molecule has 2 fully saturated rings. The summed E-state index contributed by atoms with van der Waals surface area (Å²) in [4.78, 5) is 41.9. The standard InChI is InChI=1S/C27H32N4O5/c1-18(32)28-21-7-9-22(10-8-21)29-26(33)25(19-4-2-3-5-19)30-12-14-31(15-13-30)27(34)20-6-11-23-24(16-20)36-17-35-23/h6-11,16,19,25H,2-5,12-15,17H2,1H3,(H,28,32)(H,29,33)/t25-/m0/s1. The number of piperazine rings is 1. The van der Waals surface area contributed by atoms with Gasteiger partial charge in [0.2, 0.25) is 18.6 Å². The molecule has 2 heterocycles. The molecule has 0 bridgehead atoms. The van der Waals surface area contributed by atoms with Crippen LogP contribution in [0.5, 0.6) is 11.5 Å². The van der Waals surface area contributed by atoms with Gasteiger partial charge in [0.25, 0.3) is 5.91 Å². The zero-order chi connectivity index (χ0) is 25.1. The zero-order valence-corrected chi connectivity index (χ0v) is 20.5. The second-order valence-corrected chi connectivity index (χ2v) is 9.63. The fraction of sp³-hybridized carbons (Fsp3) is 0.444. The summed E-state index contributed by atoms with van der Waals surface area (Å²) in [7, 11) is 0. The van der Waals surface area contributed by atoms with Gasteiger partial charge >= 0.3 is 0 Å². The van der Waals surface area contributed by atoms with Crippen LogP contribution in [0.3, 0.4) is 0 Å². The van der Waals surface area contributed by atoms with Gasteiger partial charge in [-0.25, -0.2) is 0 Å². The van der Waals surface area contributed by atoms with Crippen molar-refractivity contribution < 1.29 is 23.9 Å². The predicted molar refractivity (Wildman–Crippen MR) is 135 cm³/mol. The maximum Gasteiger partial charge on any atom is 0.254 e. The van der Waals surface area contributed by atoms with E-state index in [1.165, 1.54) is 6.92 Å². The van der Waals surface area contributed by atoms with Gasteiger partial charge in [0, 0.05) is 50.0 Å². The largest absolute Gasteiger partial charge is 0.454 e. The molecule has 1 atom stereocenters. The van der Waals surface area contributed by atoms with Crippen molar-refractivity contribution in [3.63, 3.8) is 0 Å². The van der Waals surface area contributed by atoms with Gasteiger partial charge in [0.15, 0.2) is 11.5 Å². The number of nitrogens with one attached hydrogen (secondary N) is 2. The molecule has 9 heteroatoms. The van der Waals surface area contributed by atoms with Crippen LogP contribution in [0, 0.1) is 5.92 Å². The average Bonchev–Trinajstić information content (AvgIpc) is 3.57. The smallest absolute Gasteiger partial charge is 0.254 e. The van der Waals surface area contributed by atoms with Crippen LogP contribution in [0.25, 0.3) is 0 Å². The van der Waals surface area contributed by atoms with E-state index in [2.05, 4.69) is 15.5 Å². The Kier molecular flexibility index (Phi) is 7.09. The Labute approximate surface area is 210 Å². The van der Waals surface area contributed by atoms with Crippen molar-refractivity contribution in [1.29, 1.82) is 0 Å². The fourth-order valence-electron chi connectivity index (χ4n) is 5.42. The summed E-state index contributed by atoms with van der Waals surface area (Å²) in [6.45, 7) is 4.06. The second-order valence-electron chi connectivity index (χ2n) is 9.63. The molecule has 1 saturated carbocycles. The highest BCUT2D eigenvalue weighted by atomic mass is 16.7. The highest BCUT2D eigenvalue weighted by Gasteiger charge is 2.37. The van der Waals surface area contributed by atoms with E-state index in [0.717, 1.165) is 25.7 Å². The minimum absolute atomic E-state index is 0.00951. The Morgan fingerprint density at radius 3 is 2.17 bits per heavy atom. The third-order valence-electron chi connectivity index (χ3n) is 7.20. The third kappa shape index (κ3) is 5.31. The average molecular weight is 493 g/mol. The molecule has 1 aliphatic carbocycles. The lowest BCUT2D eigenvalue weighted by molar-refractivity contribution is -0.124. The highest BCUT2D eigenvalue weighted by molar-refractivity contribution is 5.96. The number of anilines is 2. The summed E-state index contributed by atoms with van der Waals surface area (Å²) >= 11 is 0. The summed E-state index contributed by atoms with van der Waals surface area (Å²) in [5.41, 5.74) is 1.98. The quantitative estimate of drug-likeness (QED) is 0.642. The van der Waals surface area contributed by atoms with Gasteiger partial charge in [-0.15, -0.1) is 0 Å². The molecular weight excluding hydrogens is 460 g/mol. The van der Waals surface area contributed by atoms with Gasteiger partial charge in [-0.3, -0.25) is 19.3 Å². The number of rotatable bonds is 6. The number of amides is 3. The lowest BCUT2D eigenvalue weighted by Crippen LogP contribution is -2.56. The van der Waals surface area contributed by atoms with E-state index in [1.54, 1.807) is 42.5 Å². The van der Waals surface area contributed by atoms with Gasteiger partial charge in [0.1, 0.15) is 0 Å². The number of carbonyl (C=O) groups is 3. The fourth-order valence-corrected chi connectivity index (χ4v) is 5.42. The minimum Gasteiger partial charge on any atom is -0.454 e. The molecule has 0 radical (unpaired) electrons. The topological polar surface area (TPSA) is 100 Å². The van der Waals surface area contributed by atoms with E-state index in [9.17, 15) is 14.4 Å². The predicted octanol–water partition coefficient (Wildman–Crippen LogP) is 3.33. The number of hydrogen-bond acceptors (Lipinski definition) is 6. The third-order valence-corrected chi connectivity index (χ3v) is 7.20. The van der Waals surface area contributed by atoms with E-state index in [-0.39, 0.29) is 30.6 Å². The van der Waals surface area contributed by atoms with Crippen LogP contribution in [0.1, 0.15) is 43.0 Å². The lowest BCUT2D eigenvalue weighted by Gasteiger charge is -2.40. The van der Waals surface area contributed by atoms with Gasteiger partial charge < -0.3 is 25.0 Å². The first-order valence-corrected chi connectivity index (χ1v) is 12.6. The van der Waals surface area contributed by atoms with E-state index in [4.69, 9.17) is 9.47 Å². The minimum atomic E-state index is -0.231. The maximum atomic E-state index is 13.5. The van der Waals surface area contributed by atoms with Crippen molar-refractivity contribution in [3.05, 3.63) is 48.0 Å². The van der Waals surface area contributed by atoms with Crippen LogP contribution in [-0.4, -0.2) is 66.5 Å². The van der Waals surface area contributed by atoms with Crippen molar-refractivity contribution in [2.75, 3.05) is 43.6 Å². The van der Waals surface area contributed by atoms with Crippen molar-refractivity contribution in [2.45, 2.75) is 38.6 Å². The van der Waals surface area contributed by atoms with Crippen LogP contribution in [0.2, 0.25) is 0 Å². The molecule has 3 aliphatic rings. The number of benzene rings is 2. The molecule has 2 aromatic rings. The molecule has 2 aromatic carbocycles. The Balaban J connectivity index is 1.23. The van der Waals surface area contributed by atoms with Crippen LogP contribution < -0.4 is 20.1 Å². The molecule has 1 saturated heterocycles. The summed E-state index contributed by atoms with van der Waals surface area (Å²) in [5, 5.41) is 5.82. The van der Waals surface area contributed by atoms with Crippen LogP contribution in [0.4, 0.5) is 11.4 Å². The van der Waals surface area contributed by atoms with Gasteiger partial charge in [-0.2, -0.15) is 0 Å². The first kappa shape index (κ1) is 24.1. The summed E-state index contributed by atoms with van der Waals surface area (Å²) in [6.07, 6.45) is 4.36. The molecule has 190 valence electrons. The van der Waals surface area contributed by atoms with Crippen molar-refractivity contribution >= 4 is 29.1 Å². The second kappa shape index (κ2) is 10.6. The van der Waals surface area contributed by atoms with Gasteiger partial charge in [-0.05, 0) is 61.2 Å². The van der Waals surface area contributed by atoms with E-state index in [0.29, 0.717) is 60.5 Å². The first-order chi connectivity index (χ1) is 17.5. The molecule has 2 N–H and O–H groups in total. The molecule has 0 aromatic heterocycles. The van der Waals surface area contributed by atoms with Crippen molar-refractivity contribution in [2.24, 2.45) is 5.92 Å². The van der Waals surface area contributed by atoms with E-state index >= 15 is 0 Å². The molecule has 5 rings (SSSR count). The molecule has 9 nitrogen and oxygen atoms in total. The molecule has 2 aliphatic heterocycles. The van der Waals surface area contributed by atoms with Crippen LogP contribution >= 0.6 is 0 Å². The maximum absolute atomic E-state index is 13.5. The van der Waals surface area contributed by atoms with Crippen molar-refractivity contribution in [3.8, 4) is 11.5 Å². The Morgan fingerprint density at radius 2 is 1.50 bits per heavy atom.